The molecule has 1 aliphatic heterocycles. The Bertz CT molecular complexity index is 1290. The third kappa shape index (κ3) is 4.45. The lowest BCUT2D eigenvalue weighted by Gasteiger charge is -2.14. The average molecular weight is 443 g/mol. The molecule has 0 aliphatic carbocycles. The van der Waals surface area contributed by atoms with E-state index in [1.807, 2.05) is 32.0 Å². The fourth-order valence-corrected chi connectivity index (χ4v) is 3.30. The van der Waals surface area contributed by atoms with Gasteiger partial charge in [-0.3, -0.25) is 5.41 Å². The van der Waals surface area contributed by atoms with Crippen molar-refractivity contribution in [2.24, 2.45) is 15.3 Å². The number of rotatable bonds is 5. The van der Waals surface area contributed by atoms with Crippen molar-refractivity contribution in [3.63, 3.8) is 0 Å². The molecule has 0 unspecified atom stereocenters. The molecule has 1 aromatic heterocycles. The van der Waals surface area contributed by atoms with Crippen LogP contribution in [0, 0.1) is 11.2 Å². The molecule has 33 heavy (non-hydrogen) atoms. The second-order valence-corrected chi connectivity index (χ2v) is 7.52. The summed E-state index contributed by atoms with van der Waals surface area (Å²) in [6, 6.07) is 15.5. The fourth-order valence-electron chi connectivity index (χ4n) is 3.30. The normalized spacial score (nSPS) is 13.7. The van der Waals surface area contributed by atoms with Crippen LogP contribution >= 0.6 is 0 Å². The Balaban J connectivity index is 1.70. The smallest absolute Gasteiger partial charge is 0.184 e. The predicted octanol–water partition coefficient (Wildman–Crippen LogP) is 4.73. The molecule has 4 rings (SSSR count). The van der Waals surface area contributed by atoms with Crippen molar-refractivity contribution < 1.29 is 4.39 Å². The number of allylic oxidation sites excluding steroid dienone is 1. The van der Waals surface area contributed by atoms with Crippen LogP contribution in [0.15, 0.2) is 81.1 Å². The Kier molecular flexibility index (Phi) is 5.90. The van der Waals surface area contributed by atoms with Crippen LogP contribution in [0.25, 0.3) is 0 Å². The van der Waals surface area contributed by atoms with Crippen molar-refractivity contribution in [3.05, 3.63) is 82.9 Å². The first-order valence-corrected chi connectivity index (χ1v) is 10.1. The predicted molar refractivity (Wildman–Crippen MR) is 126 cm³/mol. The lowest BCUT2D eigenvalue weighted by molar-refractivity contribution is 0.434. The number of anilines is 2. The zero-order chi connectivity index (χ0) is 23.5. The van der Waals surface area contributed by atoms with E-state index >= 15 is 0 Å². The summed E-state index contributed by atoms with van der Waals surface area (Å²) in [7, 11) is 0. The zero-order valence-corrected chi connectivity index (χ0v) is 18.1. The van der Waals surface area contributed by atoms with Crippen LogP contribution in [0.3, 0.4) is 0 Å². The maximum Gasteiger partial charge on any atom is 0.184 e. The third-order valence-corrected chi connectivity index (χ3v) is 4.90. The van der Waals surface area contributed by atoms with Gasteiger partial charge in [-0.2, -0.15) is 10.2 Å². The minimum atomic E-state index is -0.370. The minimum Gasteiger partial charge on any atom is -0.382 e. The summed E-state index contributed by atoms with van der Waals surface area (Å²) >= 11 is 0. The van der Waals surface area contributed by atoms with Gasteiger partial charge in [0.05, 0.1) is 12.2 Å². The number of nitrogens with two attached hydrogens (primary N) is 2. The first-order valence-electron chi connectivity index (χ1n) is 10.1. The number of halogens is 1. The zero-order valence-electron chi connectivity index (χ0n) is 18.1. The van der Waals surface area contributed by atoms with Crippen molar-refractivity contribution >= 4 is 34.6 Å². The summed E-state index contributed by atoms with van der Waals surface area (Å²) in [4.78, 5) is 8.65. The molecule has 0 amide bonds. The van der Waals surface area contributed by atoms with E-state index in [9.17, 15) is 4.39 Å². The molecule has 0 bridgehead atoms. The van der Waals surface area contributed by atoms with Gasteiger partial charge >= 0.3 is 0 Å². The summed E-state index contributed by atoms with van der Waals surface area (Å²) in [5.41, 5.74) is 15.1. The number of benzene rings is 2. The molecule has 10 heteroatoms. The van der Waals surface area contributed by atoms with E-state index in [1.165, 1.54) is 11.1 Å². The van der Waals surface area contributed by atoms with Gasteiger partial charge in [0.25, 0.3) is 0 Å². The number of hydrazone groups is 1. The van der Waals surface area contributed by atoms with Crippen molar-refractivity contribution in [2.75, 3.05) is 11.5 Å². The van der Waals surface area contributed by atoms with Crippen molar-refractivity contribution in [2.45, 2.75) is 20.4 Å². The number of hydrogen-bond acceptors (Lipinski definition) is 8. The summed E-state index contributed by atoms with van der Waals surface area (Å²) in [6.45, 7) is 3.78. The largest absolute Gasteiger partial charge is 0.382 e. The number of hydrogen-bond donors (Lipinski definition) is 3. The van der Waals surface area contributed by atoms with Crippen LogP contribution in [0.4, 0.5) is 27.4 Å². The highest BCUT2D eigenvalue weighted by Crippen LogP contribution is 2.31. The molecule has 9 nitrogen and oxygen atoms in total. The van der Waals surface area contributed by atoms with Crippen LogP contribution in [-0.2, 0) is 6.54 Å². The van der Waals surface area contributed by atoms with Gasteiger partial charge in [-0.15, -0.1) is 5.11 Å². The highest BCUT2D eigenvalue weighted by atomic mass is 19.1. The van der Waals surface area contributed by atoms with Crippen LogP contribution in [0.5, 0.6) is 0 Å². The number of nitrogens with one attached hydrogen (secondary N) is 1. The molecular formula is C23H22FN9. The first-order chi connectivity index (χ1) is 15.8. The Hall–Kier alpha value is -4.47. The van der Waals surface area contributed by atoms with Gasteiger partial charge in [0.15, 0.2) is 29.0 Å². The Labute approximate surface area is 189 Å². The highest BCUT2D eigenvalue weighted by molar-refractivity contribution is 6.31. The SMILES string of the molecule is CC(C)=C1C(=N)N(Cc2ccccc2F)N=C1c1nc(N)c(/N=N/c2ccccc2)c(N)n1. The van der Waals surface area contributed by atoms with E-state index in [4.69, 9.17) is 16.9 Å². The number of amidine groups is 1. The molecule has 0 saturated heterocycles. The fraction of sp³-hybridized carbons (Fsp3) is 0.130. The monoisotopic (exact) mass is 443 g/mol. The van der Waals surface area contributed by atoms with E-state index in [1.54, 1.807) is 30.3 Å². The summed E-state index contributed by atoms with van der Waals surface area (Å²) in [5, 5.41) is 22.7. The summed E-state index contributed by atoms with van der Waals surface area (Å²) in [5.74, 6) is -0.0350. The molecule has 1 aliphatic rings. The van der Waals surface area contributed by atoms with Crippen molar-refractivity contribution in [1.82, 2.24) is 15.0 Å². The number of aromatic nitrogens is 2. The van der Waals surface area contributed by atoms with Gasteiger partial charge in [0.2, 0.25) is 0 Å². The molecule has 3 aromatic rings. The standard InChI is InChI=1S/C23H22FN9/c1-13(2)17-18(32-33(22(17)27)12-14-8-6-7-11-16(14)24)23-28-20(25)19(21(26)29-23)31-30-15-9-4-3-5-10-15/h3-11,27H,12H2,1-2H3,(H4,25,26,28,29)/b27-22?,31-30+. The van der Waals surface area contributed by atoms with Gasteiger partial charge < -0.3 is 11.5 Å². The third-order valence-electron chi connectivity index (χ3n) is 4.90. The van der Waals surface area contributed by atoms with Gasteiger partial charge in [-0.05, 0) is 32.0 Å². The van der Waals surface area contributed by atoms with Gasteiger partial charge in [0.1, 0.15) is 11.5 Å². The summed E-state index contributed by atoms with van der Waals surface area (Å²) in [6.07, 6.45) is 0. The Morgan fingerprint density at radius 2 is 1.61 bits per heavy atom. The molecule has 0 spiro atoms. The van der Waals surface area contributed by atoms with E-state index in [0.29, 0.717) is 22.5 Å². The molecular weight excluding hydrogens is 421 g/mol. The highest BCUT2D eigenvalue weighted by Gasteiger charge is 2.31. The quantitative estimate of drug-likeness (QED) is 0.489. The van der Waals surface area contributed by atoms with Crippen LogP contribution in [0.2, 0.25) is 0 Å². The van der Waals surface area contributed by atoms with Crippen molar-refractivity contribution in [1.29, 1.82) is 5.41 Å². The van der Waals surface area contributed by atoms with E-state index in [-0.39, 0.29) is 41.3 Å². The molecule has 0 saturated carbocycles. The number of nitrogens with zero attached hydrogens (tertiary/aromatic N) is 6. The second-order valence-electron chi connectivity index (χ2n) is 7.52. The molecule has 166 valence electrons. The van der Waals surface area contributed by atoms with Crippen LogP contribution < -0.4 is 11.5 Å². The van der Waals surface area contributed by atoms with Crippen LogP contribution in [-0.4, -0.2) is 26.5 Å². The average Bonchev–Trinajstić information content (AvgIpc) is 3.11. The molecule has 5 N–H and O–H groups in total. The molecule has 0 fully saturated rings. The summed E-state index contributed by atoms with van der Waals surface area (Å²) < 4.78 is 14.2. The first kappa shape index (κ1) is 21.8. The molecule has 0 atom stereocenters. The maximum absolute atomic E-state index is 14.2. The molecule has 0 radical (unpaired) electrons. The lowest BCUT2D eigenvalue weighted by atomic mass is 10.0. The van der Waals surface area contributed by atoms with Gasteiger partial charge in [0, 0.05) is 11.1 Å². The van der Waals surface area contributed by atoms with E-state index in [2.05, 4.69) is 25.3 Å². The second kappa shape index (κ2) is 8.95. The van der Waals surface area contributed by atoms with Gasteiger partial charge in [-0.1, -0.05) is 42.0 Å². The Morgan fingerprint density at radius 3 is 2.24 bits per heavy atom. The van der Waals surface area contributed by atoms with Crippen LogP contribution in [0.1, 0.15) is 25.2 Å². The van der Waals surface area contributed by atoms with Gasteiger partial charge in [-0.25, -0.2) is 19.4 Å². The topological polar surface area (TPSA) is 142 Å². The Morgan fingerprint density at radius 1 is 0.970 bits per heavy atom. The van der Waals surface area contributed by atoms with Crippen molar-refractivity contribution in [3.8, 4) is 0 Å². The number of azo groups is 1. The number of nitrogen functional groups attached to an aromatic ring is 2. The molecule has 2 heterocycles. The maximum atomic E-state index is 14.2. The molecule has 2 aromatic carbocycles. The van der Waals surface area contributed by atoms with E-state index in [0.717, 1.165) is 5.57 Å². The van der Waals surface area contributed by atoms with E-state index < -0.39 is 0 Å². The lowest BCUT2D eigenvalue weighted by Crippen LogP contribution is -2.22. The minimum absolute atomic E-state index is 0.0343.